The lowest BCUT2D eigenvalue weighted by atomic mass is 9.94. The topological polar surface area (TPSA) is 120 Å². The molecular formula is C29H36N8O3. The summed E-state index contributed by atoms with van der Waals surface area (Å²) in [4.78, 5) is 40.5. The molecule has 2 N–H and O–H groups in total. The Labute approximate surface area is 233 Å². The van der Waals surface area contributed by atoms with Gasteiger partial charge in [-0.25, -0.2) is 9.97 Å². The van der Waals surface area contributed by atoms with Crippen molar-refractivity contribution in [3.05, 3.63) is 71.4 Å². The number of rotatable bonds is 5. The van der Waals surface area contributed by atoms with Gasteiger partial charge in [-0.15, -0.1) is 0 Å². The lowest BCUT2D eigenvalue weighted by Crippen LogP contribution is -2.56. The van der Waals surface area contributed by atoms with E-state index in [0.29, 0.717) is 36.8 Å². The van der Waals surface area contributed by atoms with Gasteiger partial charge in [0.1, 0.15) is 23.5 Å². The summed E-state index contributed by atoms with van der Waals surface area (Å²) >= 11 is 0. The molecule has 11 heteroatoms. The van der Waals surface area contributed by atoms with Crippen molar-refractivity contribution in [2.45, 2.75) is 50.4 Å². The lowest BCUT2D eigenvalue weighted by molar-refractivity contribution is -0.0139. The zero-order chi connectivity index (χ0) is 27.6. The molecule has 2 aromatic heterocycles. The highest BCUT2D eigenvalue weighted by atomic mass is 16.3. The molecule has 1 aromatic carbocycles. The number of carbonyl (C=O) groups is 2. The molecule has 2 atom stereocenters. The maximum absolute atomic E-state index is 13.3. The molecule has 0 bridgehead atoms. The van der Waals surface area contributed by atoms with Crippen LogP contribution in [0.2, 0.25) is 0 Å². The number of anilines is 1. The van der Waals surface area contributed by atoms with Crippen LogP contribution in [0.1, 0.15) is 51.4 Å². The average Bonchev–Trinajstić information content (AvgIpc) is 3.43. The van der Waals surface area contributed by atoms with Gasteiger partial charge in [-0.05, 0) is 42.9 Å². The predicted molar refractivity (Wildman–Crippen MR) is 149 cm³/mol. The number of amides is 2. The largest absolute Gasteiger partial charge is 0.390 e. The highest BCUT2D eigenvalue weighted by Gasteiger charge is 2.36. The number of aliphatic hydroxyl groups excluding tert-OH is 1. The fourth-order valence-corrected chi connectivity index (χ4v) is 6.17. The maximum atomic E-state index is 13.3. The van der Waals surface area contributed by atoms with E-state index >= 15 is 0 Å². The summed E-state index contributed by atoms with van der Waals surface area (Å²) < 4.78 is 1.63. The Morgan fingerprint density at radius 1 is 0.925 bits per heavy atom. The number of piperidine rings is 2. The van der Waals surface area contributed by atoms with E-state index in [1.807, 2.05) is 4.90 Å². The van der Waals surface area contributed by atoms with Crippen LogP contribution in [-0.2, 0) is 20.0 Å². The molecular weight excluding hydrogens is 508 g/mol. The summed E-state index contributed by atoms with van der Waals surface area (Å²) in [5.74, 6) is 0.350. The Morgan fingerprint density at radius 3 is 2.42 bits per heavy atom. The third-order valence-electron chi connectivity index (χ3n) is 8.42. The molecule has 2 saturated heterocycles. The first-order chi connectivity index (χ1) is 19.4. The number of hydrogen-bond donors (Lipinski definition) is 2. The second-order valence-electron chi connectivity index (χ2n) is 11.0. The van der Waals surface area contributed by atoms with Crippen molar-refractivity contribution in [3.8, 4) is 0 Å². The van der Waals surface area contributed by atoms with Gasteiger partial charge >= 0.3 is 0 Å². The number of hydrogen-bond acceptors (Lipinski definition) is 8. The normalized spacial score (nSPS) is 22.1. The minimum Gasteiger partial charge on any atom is -0.390 e. The molecule has 11 nitrogen and oxygen atoms in total. The van der Waals surface area contributed by atoms with Crippen LogP contribution in [-0.4, -0.2) is 102 Å². The number of aromatic nitrogens is 4. The van der Waals surface area contributed by atoms with Crippen molar-refractivity contribution in [3.63, 3.8) is 0 Å². The number of nitrogens with one attached hydrogen (secondary N) is 1. The first-order valence-corrected chi connectivity index (χ1v) is 14.1. The number of nitrogens with zero attached hydrogens (tertiary/aromatic N) is 7. The van der Waals surface area contributed by atoms with Crippen LogP contribution < -0.4 is 5.32 Å². The Kier molecular flexibility index (Phi) is 7.48. The molecule has 40 heavy (non-hydrogen) atoms. The first-order valence-electron chi connectivity index (χ1n) is 14.1. The van der Waals surface area contributed by atoms with E-state index in [1.54, 1.807) is 35.0 Å². The lowest BCUT2D eigenvalue weighted by Gasteiger charge is -2.43. The molecule has 0 radical (unpaired) electrons. The molecule has 0 spiro atoms. The smallest absolute Gasteiger partial charge is 0.274 e. The van der Waals surface area contributed by atoms with Gasteiger partial charge in [-0.3, -0.25) is 19.2 Å². The monoisotopic (exact) mass is 544 g/mol. The Balaban J connectivity index is 1.02. The minimum absolute atomic E-state index is 0.0375. The van der Waals surface area contributed by atoms with Crippen molar-refractivity contribution in [2.24, 2.45) is 7.05 Å². The number of likely N-dealkylation sites (tertiary alicyclic amines) is 2. The van der Waals surface area contributed by atoms with Gasteiger partial charge in [0, 0.05) is 70.7 Å². The van der Waals surface area contributed by atoms with E-state index in [4.69, 9.17) is 0 Å². The maximum Gasteiger partial charge on any atom is 0.274 e. The Hall–Kier alpha value is -3.83. The number of fused-ring (bicyclic) bond motifs is 1. The van der Waals surface area contributed by atoms with Crippen molar-refractivity contribution in [2.75, 3.05) is 38.0 Å². The van der Waals surface area contributed by atoms with Crippen LogP contribution in [0.5, 0.6) is 0 Å². The summed E-state index contributed by atoms with van der Waals surface area (Å²) in [5, 5.41) is 18.7. The van der Waals surface area contributed by atoms with E-state index in [9.17, 15) is 14.7 Å². The van der Waals surface area contributed by atoms with E-state index in [-0.39, 0.29) is 30.4 Å². The van der Waals surface area contributed by atoms with Gasteiger partial charge in [-0.1, -0.05) is 24.3 Å². The molecule has 3 aliphatic heterocycles. The van der Waals surface area contributed by atoms with Gasteiger partial charge in [0.05, 0.1) is 6.10 Å². The second kappa shape index (κ2) is 11.3. The average molecular weight is 545 g/mol. The minimum atomic E-state index is -0.610. The highest BCUT2D eigenvalue weighted by Crippen LogP contribution is 2.26. The van der Waals surface area contributed by atoms with Crippen molar-refractivity contribution >= 4 is 17.6 Å². The van der Waals surface area contributed by atoms with Crippen LogP contribution in [0.4, 0.5) is 5.82 Å². The second-order valence-corrected chi connectivity index (χ2v) is 11.0. The molecule has 2 fully saturated rings. The molecule has 5 heterocycles. The molecule has 0 saturated carbocycles. The fraction of sp³-hybridized carbons (Fsp3) is 0.483. The van der Waals surface area contributed by atoms with E-state index in [0.717, 1.165) is 38.8 Å². The van der Waals surface area contributed by atoms with Crippen molar-refractivity contribution < 1.29 is 14.7 Å². The number of benzene rings is 1. The fourth-order valence-electron chi connectivity index (χ4n) is 6.17. The molecule has 0 aliphatic carbocycles. The van der Waals surface area contributed by atoms with Gasteiger partial charge in [-0.2, -0.15) is 5.10 Å². The van der Waals surface area contributed by atoms with E-state index in [2.05, 4.69) is 49.5 Å². The van der Waals surface area contributed by atoms with Crippen LogP contribution >= 0.6 is 0 Å². The van der Waals surface area contributed by atoms with E-state index < -0.39 is 6.10 Å². The zero-order valence-electron chi connectivity index (χ0n) is 22.8. The standard InChI is InChI=1S/C29H36N8O3/c1-34-11-9-23(33-34)28(39)35-13-7-22(8-14-35)32-27-16-24(30-19-31-27)29(40)37-15-10-25(26(38)18-37)36-12-6-20-4-2-3-5-21(20)17-36/h2-5,9,11,16,19,22,25-26,38H,6-8,10,12-15,17-18H2,1H3,(H,30,31,32)/t25-,26-/m1/s1. The van der Waals surface area contributed by atoms with Crippen LogP contribution in [0.3, 0.4) is 0 Å². The number of aryl methyl sites for hydroxylation is 1. The third-order valence-corrected chi connectivity index (χ3v) is 8.42. The number of aliphatic hydroxyl groups is 1. The van der Waals surface area contributed by atoms with Crippen LogP contribution in [0.15, 0.2) is 48.9 Å². The molecule has 3 aliphatic rings. The highest BCUT2D eigenvalue weighted by molar-refractivity contribution is 5.93. The summed E-state index contributed by atoms with van der Waals surface area (Å²) in [6.45, 7) is 3.87. The quantitative estimate of drug-likeness (QED) is 0.497. The summed E-state index contributed by atoms with van der Waals surface area (Å²) in [5.41, 5.74) is 3.49. The zero-order valence-corrected chi connectivity index (χ0v) is 22.8. The molecule has 2 amide bonds. The van der Waals surface area contributed by atoms with Crippen molar-refractivity contribution in [1.82, 2.24) is 34.4 Å². The van der Waals surface area contributed by atoms with Crippen molar-refractivity contribution in [1.29, 1.82) is 0 Å². The van der Waals surface area contributed by atoms with E-state index in [1.165, 1.54) is 17.5 Å². The number of carbonyl (C=O) groups excluding carboxylic acids is 2. The molecule has 210 valence electrons. The van der Waals surface area contributed by atoms with Gasteiger partial charge < -0.3 is 20.2 Å². The Morgan fingerprint density at radius 2 is 1.68 bits per heavy atom. The van der Waals surface area contributed by atoms with Crippen LogP contribution in [0, 0.1) is 0 Å². The molecule has 0 unspecified atom stereocenters. The third kappa shape index (κ3) is 5.57. The SMILES string of the molecule is Cn1ccc(C(=O)N2CCC(Nc3cc(C(=O)N4CC[C@@H](N5CCc6ccccc6C5)[C@H](O)C4)ncn3)CC2)n1. The molecule has 6 rings (SSSR count). The summed E-state index contributed by atoms with van der Waals surface area (Å²) in [6.07, 6.45) is 5.82. The van der Waals surface area contributed by atoms with Gasteiger partial charge in [0.15, 0.2) is 0 Å². The van der Waals surface area contributed by atoms with Crippen LogP contribution in [0.25, 0.3) is 0 Å². The van der Waals surface area contributed by atoms with Gasteiger partial charge in [0.25, 0.3) is 11.8 Å². The summed E-state index contributed by atoms with van der Waals surface area (Å²) in [6, 6.07) is 12.1. The van der Waals surface area contributed by atoms with Gasteiger partial charge in [0.2, 0.25) is 0 Å². The Bertz CT molecular complexity index is 1370. The predicted octanol–water partition coefficient (Wildman–Crippen LogP) is 1.56. The first kappa shape index (κ1) is 26.4. The number of β-amino-alcohol motifs (C(OH)–C–C–N with tert-alkyl or cyclic N) is 1. The molecule has 3 aromatic rings. The summed E-state index contributed by atoms with van der Waals surface area (Å²) in [7, 11) is 1.80.